The molecule has 1 aromatic carbocycles. The number of aromatic nitrogens is 1. The van der Waals surface area contributed by atoms with E-state index in [1.807, 2.05) is 35.9 Å². The van der Waals surface area contributed by atoms with Gasteiger partial charge in [0.1, 0.15) is 0 Å². The van der Waals surface area contributed by atoms with Crippen molar-refractivity contribution in [1.82, 2.24) is 4.57 Å². The number of nitrogens with zero attached hydrogens (tertiary/aromatic N) is 1. The van der Waals surface area contributed by atoms with Gasteiger partial charge < -0.3 is 9.67 Å². The molecule has 0 amide bonds. The maximum Gasteiger partial charge on any atom is 0.303 e. The van der Waals surface area contributed by atoms with E-state index < -0.39 is 5.97 Å². The average molecular weight is 282 g/mol. The van der Waals surface area contributed by atoms with Gasteiger partial charge >= 0.3 is 5.97 Å². The van der Waals surface area contributed by atoms with Gasteiger partial charge in [-0.1, -0.05) is 22.0 Å². The number of aliphatic carboxylic acids is 1. The molecular formula is C12H12BrNO2. The molecule has 0 aliphatic rings. The monoisotopic (exact) mass is 281 g/mol. The minimum Gasteiger partial charge on any atom is -0.481 e. The van der Waals surface area contributed by atoms with Gasteiger partial charge in [0.15, 0.2) is 0 Å². The summed E-state index contributed by atoms with van der Waals surface area (Å²) in [4.78, 5) is 10.5. The summed E-state index contributed by atoms with van der Waals surface area (Å²) in [5, 5.41) is 9.81. The number of hydrogen-bond donors (Lipinski definition) is 1. The second-order valence-electron chi connectivity index (χ2n) is 3.79. The van der Waals surface area contributed by atoms with E-state index in [0.29, 0.717) is 6.42 Å². The Hall–Kier alpha value is -1.29. The largest absolute Gasteiger partial charge is 0.481 e. The van der Waals surface area contributed by atoms with Gasteiger partial charge in [-0.15, -0.1) is 0 Å². The molecule has 0 atom stereocenters. The molecule has 0 aliphatic carbocycles. The second kappa shape index (κ2) is 4.29. The fourth-order valence-corrected chi connectivity index (χ4v) is 2.18. The van der Waals surface area contributed by atoms with Crippen LogP contribution < -0.4 is 0 Å². The minimum atomic E-state index is -0.758. The summed E-state index contributed by atoms with van der Waals surface area (Å²) < 4.78 is 3.08. The third kappa shape index (κ3) is 2.11. The van der Waals surface area contributed by atoms with Crippen molar-refractivity contribution in [3.8, 4) is 0 Å². The van der Waals surface area contributed by atoms with Crippen LogP contribution in [-0.2, 0) is 18.3 Å². The van der Waals surface area contributed by atoms with Crippen molar-refractivity contribution in [2.45, 2.75) is 12.8 Å². The number of fused-ring (bicyclic) bond motifs is 1. The van der Waals surface area contributed by atoms with Crippen molar-refractivity contribution < 1.29 is 9.90 Å². The SMILES string of the molecule is Cn1c(CCC(=O)O)cc2ccc(Br)cc21. The molecule has 0 bridgehead atoms. The second-order valence-corrected chi connectivity index (χ2v) is 4.71. The maximum absolute atomic E-state index is 10.5. The van der Waals surface area contributed by atoms with Gasteiger partial charge in [-0.3, -0.25) is 4.79 Å². The lowest BCUT2D eigenvalue weighted by molar-refractivity contribution is -0.136. The number of benzene rings is 1. The smallest absolute Gasteiger partial charge is 0.303 e. The van der Waals surface area contributed by atoms with E-state index >= 15 is 0 Å². The van der Waals surface area contributed by atoms with Crippen LogP contribution in [0.4, 0.5) is 0 Å². The molecule has 2 aromatic rings. The zero-order valence-corrected chi connectivity index (χ0v) is 10.5. The molecule has 84 valence electrons. The number of carboxylic acids is 1. The molecule has 4 heteroatoms. The highest BCUT2D eigenvalue weighted by Gasteiger charge is 2.07. The molecule has 0 unspecified atom stereocenters. The average Bonchev–Trinajstić information content (AvgIpc) is 2.53. The van der Waals surface area contributed by atoms with Gasteiger partial charge in [0.2, 0.25) is 0 Å². The lowest BCUT2D eigenvalue weighted by Gasteiger charge is -2.02. The number of aryl methyl sites for hydroxylation is 2. The summed E-state index contributed by atoms with van der Waals surface area (Å²) in [5.41, 5.74) is 2.17. The van der Waals surface area contributed by atoms with Gasteiger partial charge in [-0.25, -0.2) is 0 Å². The zero-order chi connectivity index (χ0) is 11.7. The van der Waals surface area contributed by atoms with Crippen LogP contribution in [0.2, 0.25) is 0 Å². The normalized spacial score (nSPS) is 10.9. The van der Waals surface area contributed by atoms with E-state index in [2.05, 4.69) is 15.9 Å². The van der Waals surface area contributed by atoms with Crippen LogP contribution in [0.25, 0.3) is 10.9 Å². The molecule has 0 aliphatic heterocycles. The Bertz CT molecular complexity index is 545. The highest BCUT2D eigenvalue weighted by Crippen LogP contribution is 2.23. The van der Waals surface area contributed by atoms with E-state index in [-0.39, 0.29) is 6.42 Å². The van der Waals surface area contributed by atoms with E-state index in [1.54, 1.807) is 0 Å². The standard InChI is InChI=1S/C12H12BrNO2/c1-14-10(4-5-12(15)16)6-8-2-3-9(13)7-11(8)14/h2-3,6-7H,4-5H2,1H3,(H,15,16). The van der Waals surface area contributed by atoms with E-state index in [1.165, 1.54) is 0 Å². The van der Waals surface area contributed by atoms with Crippen LogP contribution in [-0.4, -0.2) is 15.6 Å². The summed E-state index contributed by atoms with van der Waals surface area (Å²) in [6.07, 6.45) is 0.740. The predicted molar refractivity (Wildman–Crippen MR) is 66.6 cm³/mol. The Balaban J connectivity index is 2.40. The van der Waals surface area contributed by atoms with Gasteiger partial charge in [0, 0.05) is 22.7 Å². The lowest BCUT2D eigenvalue weighted by atomic mass is 10.2. The molecule has 1 aromatic heterocycles. The first-order chi connectivity index (χ1) is 7.58. The predicted octanol–water partition coefficient (Wildman–Crippen LogP) is 2.96. The Morgan fingerprint density at radius 2 is 2.19 bits per heavy atom. The summed E-state index contributed by atoms with van der Waals surface area (Å²) in [6.45, 7) is 0. The van der Waals surface area contributed by atoms with Gasteiger partial charge in [0.25, 0.3) is 0 Å². The molecule has 0 fully saturated rings. The lowest BCUT2D eigenvalue weighted by Crippen LogP contribution is -2.01. The molecule has 1 heterocycles. The molecule has 0 saturated carbocycles. The molecule has 3 nitrogen and oxygen atoms in total. The number of rotatable bonds is 3. The van der Waals surface area contributed by atoms with Crippen LogP contribution in [0.1, 0.15) is 12.1 Å². The highest BCUT2D eigenvalue weighted by atomic mass is 79.9. The molecule has 1 N–H and O–H groups in total. The van der Waals surface area contributed by atoms with Crippen molar-refractivity contribution in [3.63, 3.8) is 0 Å². The fourth-order valence-electron chi connectivity index (χ4n) is 1.84. The van der Waals surface area contributed by atoms with Crippen molar-refractivity contribution in [1.29, 1.82) is 0 Å². The fraction of sp³-hybridized carbons (Fsp3) is 0.250. The molecule has 16 heavy (non-hydrogen) atoms. The number of hydrogen-bond acceptors (Lipinski definition) is 1. The van der Waals surface area contributed by atoms with Crippen LogP contribution in [0.5, 0.6) is 0 Å². The first kappa shape index (κ1) is 11.2. The maximum atomic E-state index is 10.5. The Kier molecular flexibility index (Phi) is 3.01. The minimum absolute atomic E-state index is 0.172. The van der Waals surface area contributed by atoms with Crippen LogP contribution >= 0.6 is 15.9 Å². The number of carbonyl (C=O) groups is 1. The molecule has 0 radical (unpaired) electrons. The molecule has 0 spiro atoms. The topological polar surface area (TPSA) is 42.2 Å². The highest BCUT2D eigenvalue weighted by molar-refractivity contribution is 9.10. The van der Waals surface area contributed by atoms with Crippen LogP contribution in [0.15, 0.2) is 28.7 Å². The van der Waals surface area contributed by atoms with Gasteiger partial charge in [0.05, 0.1) is 6.42 Å². The third-order valence-corrected chi connectivity index (χ3v) is 3.20. The Morgan fingerprint density at radius 3 is 2.88 bits per heavy atom. The molecule has 2 rings (SSSR count). The van der Waals surface area contributed by atoms with Crippen LogP contribution in [0, 0.1) is 0 Å². The van der Waals surface area contributed by atoms with Crippen molar-refractivity contribution in [2.75, 3.05) is 0 Å². The van der Waals surface area contributed by atoms with Gasteiger partial charge in [-0.2, -0.15) is 0 Å². The summed E-state index contributed by atoms with van der Waals surface area (Å²) in [7, 11) is 1.96. The van der Waals surface area contributed by atoms with Gasteiger partial charge in [-0.05, 0) is 30.0 Å². The molecule has 0 saturated heterocycles. The molecular weight excluding hydrogens is 270 g/mol. The quantitative estimate of drug-likeness (QED) is 0.940. The summed E-state index contributed by atoms with van der Waals surface area (Å²) >= 11 is 3.43. The number of halogens is 1. The first-order valence-corrected chi connectivity index (χ1v) is 5.83. The van der Waals surface area contributed by atoms with Crippen molar-refractivity contribution in [2.24, 2.45) is 7.05 Å². The van der Waals surface area contributed by atoms with E-state index in [0.717, 1.165) is 21.1 Å². The number of carboxylic acid groups (broad SMARTS) is 1. The van der Waals surface area contributed by atoms with Crippen molar-refractivity contribution >= 4 is 32.8 Å². The first-order valence-electron chi connectivity index (χ1n) is 5.03. The van der Waals surface area contributed by atoms with E-state index in [4.69, 9.17) is 5.11 Å². The van der Waals surface area contributed by atoms with E-state index in [9.17, 15) is 4.79 Å². The van der Waals surface area contributed by atoms with Crippen LogP contribution in [0.3, 0.4) is 0 Å². The van der Waals surface area contributed by atoms with Crippen molar-refractivity contribution in [3.05, 3.63) is 34.4 Å². The zero-order valence-electron chi connectivity index (χ0n) is 8.90. The summed E-state index contributed by atoms with van der Waals surface area (Å²) in [5.74, 6) is -0.758. The Morgan fingerprint density at radius 1 is 1.44 bits per heavy atom. The summed E-state index contributed by atoms with van der Waals surface area (Å²) in [6, 6.07) is 8.11. The Labute approximate surface area is 102 Å². The third-order valence-electron chi connectivity index (χ3n) is 2.70.